The summed E-state index contributed by atoms with van der Waals surface area (Å²) in [6.07, 6.45) is 0. The van der Waals surface area contributed by atoms with Gasteiger partial charge >= 0.3 is 0 Å². The fourth-order valence-corrected chi connectivity index (χ4v) is 2.20. The summed E-state index contributed by atoms with van der Waals surface area (Å²) in [7, 11) is 0. The number of benzene rings is 1. The highest BCUT2D eigenvalue weighted by atomic mass is 32.1. The van der Waals surface area contributed by atoms with Gasteiger partial charge in [-0.1, -0.05) is 0 Å². The van der Waals surface area contributed by atoms with Crippen LogP contribution in [0.3, 0.4) is 0 Å². The lowest BCUT2D eigenvalue weighted by Gasteiger charge is -2.05. The van der Waals surface area contributed by atoms with Crippen molar-refractivity contribution in [3.63, 3.8) is 0 Å². The number of nitrogens with two attached hydrogens (primary N) is 1. The summed E-state index contributed by atoms with van der Waals surface area (Å²) >= 11 is 1.35. The Morgan fingerprint density at radius 1 is 1.20 bits per heavy atom. The van der Waals surface area contributed by atoms with Crippen LogP contribution in [0.25, 0.3) is 0 Å². The number of aromatic nitrogens is 1. The first-order valence-electron chi connectivity index (χ1n) is 5.92. The molecule has 1 aromatic carbocycles. The minimum Gasteiger partial charge on any atom is -0.326 e. The molecule has 0 atom stereocenters. The van der Waals surface area contributed by atoms with Crippen LogP contribution in [-0.2, 0) is 11.3 Å². The minimum absolute atomic E-state index is 0.140. The average molecular weight is 290 g/mol. The van der Waals surface area contributed by atoms with E-state index in [4.69, 9.17) is 5.73 Å². The second-order valence-electron chi connectivity index (χ2n) is 4.04. The van der Waals surface area contributed by atoms with E-state index in [2.05, 4.69) is 15.6 Å². The van der Waals surface area contributed by atoms with Crippen molar-refractivity contribution in [1.82, 2.24) is 4.98 Å². The summed E-state index contributed by atoms with van der Waals surface area (Å²) in [6.45, 7) is 1.76. The molecule has 0 saturated carbocycles. The second-order valence-corrected chi connectivity index (χ2v) is 4.99. The zero-order valence-electron chi connectivity index (χ0n) is 10.8. The smallest absolute Gasteiger partial charge is 0.275 e. The Balaban J connectivity index is 2.02. The van der Waals surface area contributed by atoms with E-state index in [0.717, 1.165) is 5.01 Å². The summed E-state index contributed by atoms with van der Waals surface area (Å²) in [6, 6.07) is 6.84. The van der Waals surface area contributed by atoms with Gasteiger partial charge in [0, 0.05) is 30.2 Å². The fraction of sp³-hybridized carbons (Fsp3) is 0.154. The molecule has 4 N–H and O–H groups in total. The zero-order chi connectivity index (χ0) is 14.5. The standard InChI is InChI=1S/C13H14N4O2S/c1-8(18)15-9-2-4-10(5-3-9)16-13(19)11-7-20-12(6-14)17-11/h2-5,7H,6,14H2,1H3,(H,15,18)(H,16,19). The molecule has 7 heteroatoms. The predicted molar refractivity (Wildman–Crippen MR) is 78.7 cm³/mol. The van der Waals surface area contributed by atoms with Gasteiger partial charge in [-0.15, -0.1) is 11.3 Å². The van der Waals surface area contributed by atoms with E-state index in [0.29, 0.717) is 23.6 Å². The third-order valence-electron chi connectivity index (χ3n) is 2.42. The van der Waals surface area contributed by atoms with Crippen molar-refractivity contribution in [3.8, 4) is 0 Å². The summed E-state index contributed by atoms with van der Waals surface area (Å²) in [5.41, 5.74) is 7.11. The summed E-state index contributed by atoms with van der Waals surface area (Å²) < 4.78 is 0. The Morgan fingerprint density at radius 3 is 2.30 bits per heavy atom. The third kappa shape index (κ3) is 3.62. The maximum atomic E-state index is 11.9. The van der Waals surface area contributed by atoms with Gasteiger partial charge in [0.1, 0.15) is 10.7 Å². The van der Waals surface area contributed by atoms with Crippen molar-refractivity contribution in [2.45, 2.75) is 13.5 Å². The van der Waals surface area contributed by atoms with Crippen molar-refractivity contribution >= 4 is 34.5 Å². The number of anilines is 2. The van der Waals surface area contributed by atoms with Crippen molar-refractivity contribution < 1.29 is 9.59 Å². The maximum absolute atomic E-state index is 11.9. The zero-order valence-corrected chi connectivity index (χ0v) is 11.7. The maximum Gasteiger partial charge on any atom is 0.275 e. The number of nitrogens with zero attached hydrogens (tertiary/aromatic N) is 1. The minimum atomic E-state index is -0.284. The molecular formula is C13H14N4O2S. The van der Waals surface area contributed by atoms with Crippen LogP contribution in [0, 0.1) is 0 Å². The lowest BCUT2D eigenvalue weighted by atomic mass is 10.2. The van der Waals surface area contributed by atoms with Crippen molar-refractivity contribution in [1.29, 1.82) is 0 Å². The molecule has 1 heterocycles. The van der Waals surface area contributed by atoms with Crippen LogP contribution < -0.4 is 16.4 Å². The number of rotatable bonds is 4. The molecule has 0 spiro atoms. The molecule has 0 saturated heterocycles. The van der Waals surface area contributed by atoms with Gasteiger partial charge in [0.2, 0.25) is 5.91 Å². The number of carbonyl (C=O) groups excluding carboxylic acids is 2. The summed E-state index contributed by atoms with van der Waals surface area (Å²) in [4.78, 5) is 26.9. The molecule has 1 aromatic heterocycles. The molecule has 0 unspecified atom stereocenters. The first-order valence-corrected chi connectivity index (χ1v) is 6.80. The van der Waals surface area contributed by atoms with Gasteiger partial charge in [0.25, 0.3) is 5.91 Å². The van der Waals surface area contributed by atoms with Crippen LogP contribution in [0.4, 0.5) is 11.4 Å². The number of thiazole rings is 1. The first kappa shape index (κ1) is 14.2. The highest BCUT2D eigenvalue weighted by Gasteiger charge is 2.10. The molecular weight excluding hydrogens is 276 g/mol. The largest absolute Gasteiger partial charge is 0.326 e. The number of carbonyl (C=O) groups is 2. The number of nitrogens with one attached hydrogen (secondary N) is 2. The molecule has 2 amide bonds. The monoisotopic (exact) mass is 290 g/mol. The summed E-state index contributed by atoms with van der Waals surface area (Å²) in [5, 5.41) is 7.77. The molecule has 2 aromatic rings. The fourth-order valence-electron chi connectivity index (χ4n) is 1.54. The quantitative estimate of drug-likeness (QED) is 0.800. The van der Waals surface area contributed by atoms with Crippen LogP contribution in [0.15, 0.2) is 29.6 Å². The number of hydrogen-bond donors (Lipinski definition) is 3. The highest BCUT2D eigenvalue weighted by Crippen LogP contribution is 2.15. The Labute approximate surface area is 120 Å². The van der Waals surface area contributed by atoms with Crippen LogP contribution in [0.5, 0.6) is 0 Å². The second kappa shape index (κ2) is 6.27. The molecule has 0 fully saturated rings. The van der Waals surface area contributed by atoms with Gasteiger partial charge in [-0.3, -0.25) is 9.59 Å². The highest BCUT2D eigenvalue weighted by molar-refractivity contribution is 7.09. The van der Waals surface area contributed by atoms with Gasteiger partial charge in [-0.2, -0.15) is 0 Å². The first-order chi connectivity index (χ1) is 9.58. The van der Waals surface area contributed by atoms with E-state index in [1.807, 2.05) is 0 Å². The molecule has 0 radical (unpaired) electrons. The normalized spacial score (nSPS) is 10.1. The lowest BCUT2D eigenvalue weighted by Crippen LogP contribution is -2.13. The summed E-state index contributed by atoms with van der Waals surface area (Å²) in [5.74, 6) is -0.424. The van der Waals surface area contributed by atoms with Gasteiger partial charge in [-0.25, -0.2) is 4.98 Å². The van der Waals surface area contributed by atoms with E-state index in [-0.39, 0.29) is 11.8 Å². The van der Waals surface area contributed by atoms with E-state index in [1.165, 1.54) is 18.3 Å². The van der Waals surface area contributed by atoms with Gasteiger partial charge < -0.3 is 16.4 Å². The van der Waals surface area contributed by atoms with Crippen LogP contribution in [-0.4, -0.2) is 16.8 Å². The molecule has 0 aliphatic heterocycles. The SMILES string of the molecule is CC(=O)Nc1ccc(NC(=O)c2csc(CN)n2)cc1. The van der Waals surface area contributed by atoms with Crippen molar-refractivity contribution in [3.05, 3.63) is 40.3 Å². The van der Waals surface area contributed by atoms with Crippen LogP contribution in [0.1, 0.15) is 22.4 Å². The molecule has 0 aliphatic rings. The number of hydrogen-bond acceptors (Lipinski definition) is 5. The van der Waals surface area contributed by atoms with Gasteiger partial charge in [-0.05, 0) is 24.3 Å². The van der Waals surface area contributed by atoms with E-state index in [1.54, 1.807) is 29.6 Å². The number of amides is 2. The average Bonchev–Trinajstić information content (AvgIpc) is 2.89. The van der Waals surface area contributed by atoms with E-state index >= 15 is 0 Å². The lowest BCUT2D eigenvalue weighted by molar-refractivity contribution is -0.114. The van der Waals surface area contributed by atoms with Gasteiger partial charge in [0.15, 0.2) is 0 Å². The third-order valence-corrected chi connectivity index (χ3v) is 3.29. The Hall–Kier alpha value is -2.25. The van der Waals surface area contributed by atoms with E-state index in [9.17, 15) is 9.59 Å². The van der Waals surface area contributed by atoms with Crippen LogP contribution >= 0.6 is 11.3 Å². The Kier molecular flexibility index (Phi) is 4.44. The van der Waals surface area contributed by atoms with Crippen molar-refractivity contribution in [2.24, 2.45) is 5.73 Å². The molecule has 6 nitrogen and oxygen atoms in total. The molecule has 2 rings (SSSR count). The van der Waals surface area contributed by atoms with E-state index < -0.39 is 0 Å². The van der Waals surface area contributed by atoms with Gasteiger partial charge in [0.05, 0.1) is 0 Å². The molecule has 0 aliphatic carbocycles. The van der Waals surface area contributed by atoms with Crippen molar-refractivity contribution in [2.75, 3.05) is 10.6 Å². The molecule has 104 valence electrons. The predicted octanol–water partition coefficient (Wildman–Crippen LogP) is 1.81. The Bertz CT molecular complexity index is 622. The Morgan fingerprint density at radius 2 is 1.80 bits per heavy atom. The van der Waals surface area contributed by atoms with Crippen LogP contribution in [0.2, 0.25) is 0 Å². The molecule has 0 bridgehead atoms. The molecule has 20 heavy (non-hydrogen) atoms. The topological polar surface area (TPSA) is 97.1 Å².